The normalized spacial score (nSPS) is 10.6. The predicted octanol–water partition coefficient (Wildman–Crippen LogP) is 4.54. The summed E-state index contributed by atoms with van der Waals surface area (Å²) in [6, 6.07) is 14.0. The molecule has 1 heterocycles. The van der Waals surface area contributed by atoms with Crippen LogP contribution in [0.25, 0.3) is 5.69 Å². The summed E-state index contributed by atoms with van der Waals surface area (Å²) in [7, 11) is 0. The Bertz CT molecular complexity index is 853. The van der Waals surface area contributed by atoms with Gasteiger partial charge in [-0.1, -0.05) is 23.7 Å². The third-order valence-corrected chi connectivity index (χ3v) is 4.65. The van der Waals surface area contributed by atoms with Gasteiger partial charge in [0.25, 0.3) is 0 Å². The Balaban J connectivity index is 1.48. The molecule has 0 aliphatic carbocycles. The first kappa shape index (κ1) is 17.5. The van der Waals surface area contributed by atoms with Crippen LogP contribution in [0.5, 0.6) is 0 Å². The van der Waals surface area contributed by atoms with E-state index in [4.69, 9.17) is 11.6 Å². The highest BCUT2D eigenvalue weighted by molar-refractivity contribution is 7.99. The van der Waals surface area contributed by atoms with Gasteiger partial charge in [-0.25, -0.2) is 9.07 Å². The number of carbonyl (C=O) groups is 1. The molecule has 25 heavy (non-hydrogen) atoms. The fourth-order valence-electron chi connectivity index (χ4n) is 2.21. The van der Waals surface area contributed by atoms with E-state index in [0.717, 1.165) is 11.3 Å². The topological polar surface area (TPSA) is 46.9 Å². The van der Waals surface area contributed by atoms with Gasteiger partial charge in [-0.2, -0.15) is 5.10 Å². The second-order valence-corrected chi connectivity index (χ2v) is 6.70. The van der Waals surface area contributed by atoms with Crippen molar-refractivity contribution in [3.8, 4) is 5.69 Å². The van der Waals surface area contributed by atoms with E-state index < -0.39 is 5.82 Å². The van der Waals surface area contributed by atoms with Crippen LogP contribution in [0.2, 0.25) is 5.02 Å². The number of nitrogens with zero attached hydrogens (tertiary/aromatic N) is 2. The van der Waals surface area contributed by atoms with E-state index in [2.05, 4.69) is 10.4 Å². The number of anilines is 1. The minimum absolute atomic E-state index is 0.138. The molecule has 1 amide bonds. The standard InChI is InChI=1S/C18H15ClFN3OS/c19-14-4-7-17(16(20)10-14)22-18(24)12-25-11-13-2-5-15(6-3-13)23-9-1-8-21-23/h1-10H,11-12H2,(H,22,24). The largest absolute Gasteiger partial charge is 0.323 e. The van der Waals surface area contributed by atoms with Crippen molar-refractivity contribution in [1.29, 1.82) is 0 Å². The van der Waals surface area contributed by atoms with Crippen LogP contribution in [0.15, 0.2) is 60.9 Å². The van der Waals surface area contributed by atoms with Crippen molar-refractivity contribution in [2.45, 2.75) is 5.75 Å². The number of benzene rings is 2. The van der Waals surface area contributed by atoms with Gasteiger partial charge in [0.1, 0.15) is 5.82 Å². The van der Waals surface area contributed by atoms with Gasteiger partial charge < -0.3 is 5.32 Å². The minimum atomic E-state index is -0.542. The summed E-state index contributed by atoms with van der Waals surface area (Å²) < 4.78 is 15.4. The van der Waals surface area contributed by atoms with Crippen LogP contribution in [-0.2, 0) is 10.5 Å². The summed E-state index contributed by atoms with van der Waals surface area (Å²) in [6.45, 7) is 0. The van der Waals surface area contributed by atoms with E-state index in [1.54, 1.807) is 10.9 Å². The molecule has 4 nitrogen and oxygen atoms in total. The molecule has 128 valence electrons. The van der Waals surface area contributed by atoms with Gasteiger partial charge in [-0.05, 0) is 42.0 Å². The molecule has 0 unspecified atom stereocenters. The Morgan fingerprint density at radius 3 is 2.72 bits per heavy atom. The van der Waals surface area contributed by atoms with E-state index in [9.17, 15) is 9.18 Å². The van der Waals surface area contributed by atoms with E-state index in [1.807, 2.05) is 36.5 Å². The summed E-state index contributed by atoms with van der Waals surface area (Å²) in [6.07, 6.45) is 3.61. The number of hydrogen-bond donors (Lipinski definition) is 1. The summed E-state index contributed by atoms with van der Waals surface area (Å²) in [5.41, 5.74) is 2.22. The first-order valence-electron chi connectivity index (χ1n) is 7.53. The molecular formula is C18H15ClFN3OS. The molecular weight excluding hydrogens is 361 g/mol. The average molecular weight is 376 g/mol. The summed E-state index contributed by atoms with van der Waals surface area (Å²) >= 11 is 7.15. The predicted molar refractivity (Wildman–Crippen MR) is 99.8 cm³/mol. The maximum absolute atomic E-state index is 13.6. The van der Waals surface area contributed by atoms with Gasteiger partial charge in [-0.15, -0.1) is 11.8 Å². The van der Waals surface area contributed by atoms with E-state index in [0.29, 0.717) is 10.8 Å². The van der Waals surface area contributed by atoms with Crippen LogP contribution in [0, 0.1) is 5.82 Å². The Labute approximate surface area is 154 Å². The lowest BCUT2D eigenvalue weighted by Gasteiger charge is -2.07. The zero-order valence-corrected chi connectivity index (χ0v) is 14.7. The maximum atomic E-state index is 13.6. The Morgan fingerprint density at radius 2 is 2.04 bits per heavy atom. The van der Waals surface area contributed by atoms with E-state index in [-0.39, 0.29) is 17.3 Å². The quantitative estimate of drug-likeness (QED) is 0.688. The fourth-order valence-corrected chi connectivity index (χ4v) is 3.15. The molecule has 0 spiro atoms. The second kappa shape index (κ2) is 8.18. The van der Waals surface area contributed by atoms with Crippen molar-refractivity contribution >= 4 is 35.0 Å². The van der Waals surface area contributed by atoms with Crippen LogP contribution < -0.4 is 5.32 Å². The lowest BCUT2D eigenvalue weighted by atomic mass is 10.2. The van der Waals surface area contributed by atoms with Gasteiger partial charge >= 0.3 is 0 Å². The van der Waals surface area contributed by atoms with Gasteiger partial charge in [-0.3, -0.25) is 4.79 Å². The zero-order chi connectivity index (χ0) is 17.6. The first-order valence-corrected chi connectivity index (χ1v) is 9.07. The third-order valence-electron chi connectivity index (χ3n) is 3.41. The van der Waals surface area contributed by atoms with Crippen molar-refractivity contribution in [3.63, 3.8) is 0 Å². The SMILES string of the molecule is O=C(CSCc1ccc(-n2cccn2)cc1)Nc1ccc(Cl)cc1F. The van der Waals surface area contributed by atoms with Gasteiger partial charge in [0.15, 0.2) is 0 Å². The smallest absolute Gasteiger partial charge is 0.234 e. The summed E-state index contributed by atoms with van der Waals surface area (Å²) in [5, 5.41) is 7.01. The molecule has 3 aromatic rings. The number of thioether (sulfide) groups is 1. The van der Waals surface area contributed by atoms with Crippen molar-refractivity contribution in [2.75, 3.05) is 11.1 Å². The number of halogens is 2. The van der Waals surface area contributed by atoms with Crippen molar-refractivity contribution in [1.82, 2.24) is 9.78 Å². The second-order valence-electron chi connectivity index (χ2n) is 5.28. The lowest BCUT2D eigenvalue weighted by molar-refractivity contribution is -0.113. The summed E-state index contributed by atoms with van der Waals surface area (Å²) in [4.78, 5) is 11.9. The highest BCUT2D eigenvalue weighted by Crippen LogP contribution is 2.20. The maximum Gasteiger partial charge on any atom is 0.234 e. The van der Waals surface area contributed by atoms with Gasteiger partial charge in [0.2, 0.25) is 5.91 Å². The molecule has 0 aliphatic rings. The molecule has 0 bridgehead atoms. The van der Waals surface area contributed by atoms with Crippen LogP contribution in [0.1, 0.15) is 5.56 Å². The van der Waals surface area contributed by atoms with Crippen molar-refractivity contribution in [3.05, 3.63) is 77.3 Å². The zero-order valence-electron chi connectivity index (χ0n) is 13.2. The van der Waals surface area contributed by atoms with Gasteiger partial charge in [0.05, 0.1) is 17.1 Å². The highest BCUT2D eigenvalue weighted by atomic mass is 35.5. The first-order chi connectivity index (χ1) is 12.1. The van der Waals surface area contributed by atoms with Crippen molar-refractivity contribution in [2.24, 2.45) is 0 Å². The molecule has 3 rings (SSSR count). The Hall–Kier alpha value is -2.31. The third kappa shape index (κ3) is 4.84. The molecule has 1 aromatic heterocycles. The van der Waals surface area contributed by atoms with Crippen LogP contribution >= 0.6 is 23.4 Å². The molecule has 0 aliphatic heterocycles. The number of rotatable bonds is 6. The Morgan fingerprint density at radius 1 is 1.24 bits per heavy atom. The monoisotopic (exact) mass is 375 g/mol. The number of nitrogens with one attached hydrogen (secondary N) is 1. The molecule has 0 saturated carbocycles. The minimum Gasteiger partial charge on any atom is -0.323 e. The van der Waals surface area contributed by atoms with Crippen LogP contribution in [0.3, 0.4) is 0 Å². The molecule has 0 fully saturated rings. The summed E-state index contributed by atoms with van der Waals surface area (Å²) in [5.74, 6) is 0.137. The molecule has 2 aromatic carbocycles. The lowest BCUT2D eigenvalue weighted by Crippen LogP contribution is -2.15. The van der Waals surface area contributed by atoms with Gasteiger partial charge in [0, 0.05) is 23.2 Å². The number of amides is 1. The molecule has 0 atom stereocenters. The highest BCUT2D eigenvalue weighted by Gasteiger charge is 2.08. The average Bonchev–Trinajstić information content (AvgIpc) is 3.13. The molecule has 0 saturated heterocycles. The number of aromatic nitrogens is 2. The number of hydrogen-bond acceptors (Lipinski definition) is 3. The van der Waals surface area contributed by atoms with Crippen molar-refractivity contribution < 1.29 is 9.18 Å². The molecule has 1 N–H and O–H groups in total. The molecule has 0 radical (unpaired) electrons. The molecule has 7 heteroatoms. The fraction of sp³-hybridized carbons (Fsp3) is 0.111. The van der Waals surface area contributed by atoms with E-state index >= 15 is 0 Å². The van der Waals surface area contributed by atoms with Crippen LogP contribution in [-0.4, -0.2) is 21.4 Å². The number of carbonyl (C=O) groups excluding carboxylic acids is 1. The Kier molecular flexibility index (Phi) is 5.73. The van der Waals surface area contributed by atoms with Crippen LogP contribution in [0.4, 0.5) is 10.1 Å². The van der Waals surface area contributed by atoms with E-state index in [1.165, 1.54) is 30.0 Å².